The fourth-order valence-corrected chi connectivity index (χ4v) is 1.55. The van der Waals surface area contributed by atoms with Crippen LogP contribution in [0.15, 0.2) is 12.1 Å². The van der Waals surface area contributed by atoms with Crippen molar-refractivity contribution >= 4 is 0 Å². The summed E-state index contributed by atoms with van der Waals surface area (Å²) in [7, 11) is 4.76. The van der Waals surface area contributed by atoms with Crippen molar-refractivity contribution in [2.75, 3.05) is 34.5 Å². The van der Waals surface area contributed by atoms with E-state index in [1.165, 1.54) is 0 Å². The highest BCUT2D eigenvalue weighted by Crippen LogP contribution is 2.38. The van der Waals surface area contributed by atoms with Crippen LogP contribution in [0.1, 0.15) is 12.0 Å². The first kappa shape index (κ1) is 14.6. The Morgan fingerprint density at radius 1 is 1.00 bits per heavy atom. The Balaban J connectivity index is 2.85. The van der Waals surface area contributed by atoms with Gasteiger partial charge in [0.1, 0.15) is 0 Å². The Kier molecular flexibility index (Phi) is 6.32. The lowest BCUT2D eigenvalue weighted by molar-refractivity contribution is 0.169. The molecule has 5 heteroatoms. The third-order valence-electron chi connectivity index (χ3n) is 2.44. The van der Waals surface area contributed by atoms with Crippen LogP contribution < -0.4 is 14.2 Å². The van der Waals surface area contributed by atoms with Crippen molar-refractivity contribution in [2.24, 2.45) is 0 Å². The van der Waals surface area contributed by atoms with Gasteiger partial charge in [-0.1, -0.05) is 0 Å². The van der Waals surface area contributed by atoms with E-state index < -0.39 is 0 Å². The largest absolute Gasteiger partial charge is 0.493 e. The van der Waals surface area contributed by atoms with Crippen LogP contribution in [0.5, 0.6) is 17.2 Å². The number of aliphatic hydroxyl groups excluding tert-OH is 1. The van der Waals surface area contributed by atoms with Crippen molar-refractivity contribution in [1.29, 1.82) is 0 Å². The first-order valence-corrected chi connectivity index (χ1v) is 5.74. The van der Waals surface area contributed by atoms with Gasteiger partial charge in [0.25, 0.3) is 0 Å². The summed E-state index contributed by atoms with van der Waals surface area (Å²) in [6.07, 6.45) is 0.782. The second kappa shape index (κ2) is 7.79. The van der Waals surface area contributed by atoms with E-state index in [4.69, 9.17) is 24.1 Å². The highest BCUT2D eigenvalue weighted by Gasteiger charge is 2.13. The van der Waals surface area contributed by atoms with E-state index in [-0.39, 0.29) is 6.61 Å². The van der Waals surface area contributed by atoms with Crippen LogP contribution >= 0.6 is 0 Å². The zero-order valence-electron chi connectivity index (χ0n) is 11.1. The molecule has 0 bridgehead atoms. The zero-order chi connectivity index (χ0) is 13.4. The molecular weight excluding hydrogens is 236 g/mol. The number of ether oxygens (including phenoxy) is 4. The van der Waals surface area contributed by atoms with E-state index in [0.717, 1.165) is 6.42 Å². The fourth-order valence-electron chi connectivity index (χ4n) is 1.55. The highest BCUT2D eigenvalue weighted by atomic mass is 16.5. The molecule has 0 amide bonds. The standard InChI is InChI=1S/C13H20O5/c1-15-5-4-6-18-13-11(16-2)7-10(9-14)8-12(13)17-3/h7-8,14H,4-6,9H2,1-3H3. The third kappa shape index (κ3) is 3.78. The molecule has 18 heavy (non-hydrogen) atoms. The van der Waals surface area contributed by atoms with Crippen molar-refractivity contribution < 1.29 is 24.1 Å². The van der Waals surface area contributed by atoms with Gasteiger partial charge in [-0.05, 0) is 17.7 Å². The molecule has 0 aliphatic heterocycles. The maximum atomic E-state index is 9.15. The molecule has 0 atom stereocenters. The minimum absolute atomic E-state index is 0.0727. The summed E-state index contributed by atoms with van der Waals surface area (Å²) < 4.78 is 21.1. The van der Waals surface area contributed by atoms with E-state index in [1.807, 2.05) is 0 Å². The van der Waals surface area contributed by atoms with Crippen LogP contribution in [0.25, 0.3) is 0 Å². The van der Waals surface area contributed by atoms with Crippen molar-refractivity contribution in [3.63, 3.8) is 0 Å². The van der Waals surface area contributed by atoms with E-state index >= 15 is 0 Å². The fraction of sp³-hybridized carbons (Fsp3) is 0.538. The quantitative estimate of drug-likeness (QED) is 0.716. The average molecular weight is 256 g/mol. The summed E-state index contributed by atoms with van der Waals surface area (Å²) >= 11 is 0. The first-order chi connectivity index (χ1) is 8.76. The number of rotatable bonds is 8. The molecule has 0 saturated carbocycles. The van der Waals surface area contributed by atoms with Crippen LogP contribution in [0.4, 0.5) is 0 Å². The summed E-state index contributed by atoms with van der Waals surface area (Å²) in [6.45, 7) is 1.08. The molecule has 0 heterocycles. The molecule has 0 spiro atoms. The van der Waals surface area contributed by atoms with E-state index in [1.54, 1.807) is 33.5 Å². The predicted octanol–water partition coefficient (Wildman–Crippen LogP) is 1.61. The lowest BCUT2D eigenvalue weighted by Gasteiger charge is -2.15. The lowest BCUT2D eigenvalue weighted by atomic mass is 10.2. The Bertz CT molecular complexity index is 339. The minimum Gasteiger partial charge on any atom is -0.493 e. The van der Waals surface area contributed by atoms with E-state index in [0.29, 0.717) is 36.0 Å². The number of hydrogen-bond acceptors (Lipinski definition) is 5. The van der Waals surface area contributed by atoms with E-state index in [9.17, 15) is 0 Å². The molecule has 0 radical (unpaired) electrons. The smallest absolute Gasteiger partial charge is 0.203 e. The zero-order valence-corrected chi connectivity index (χ0v) is 11.1. The second-order valence-corrected chi connectivity index (χ2v) is 3.68. The molecule has 0 aromatic heterocycles. The maximum absolute atomic E-state index is 9.15. The maximum Gasteiger partial charge on any atom is 0.203 e. The van der Waals surface area contributed by atoms with Gasteiger partial charge in [0.05, 0.1) is 27.4 Å². The van der Waals surface area contributed by atoms with Crippen LogP contribution in [-0.4, -0.2) is 39.6 Å². The molecule has 102 valence electrons. The van der Waals surface area contributed by atoms with Gasteiger partial charge in [0.15, 0.2) is 11.5 Å². The Labute approximate surface area is 107 Å². The van der Waals surface area contributed by atoms with Crippen molar-refractivity contribution in [3.8, 4) is 17.2 Å². The van der Waals surface area contributed by atoms with Crippen molar-refractivity contribution in [1.82, 2.24) is 0 Å². The number of benzene rings is 1. The molecule has 0 saturated heterocycles. The predicted molar refractivity (Wildman–Crippen MR) is 67.5 cm³/mol. The number of methoxy groups -OCH3 is 3. The summed E-state index contributed by atoms with van der Waals surface area (Å²) in [5, 5.41) is 9.15. The van der Waals surface area contributed by atoms with Gasteiger partial charge in [0, 0.05) is 20.1 Å². The molecule has 0 aliphatic carbocycles. The van der Waals surface area contributed by atoms with Gasteiger partial charge in [0.2, 0.25) is 5.75 Å². The SMILES string of the molecule is COCCCOc1c(OC)cc(CO)cc1OC. The van der Waals surface area contributed by atoms with Gasteiger partial charge < -0.3 is 24.1 Å². The topological polar surface area (TPSA) is 57.2 Å². The molecule has 0 aliphatic rings. The minimum atomic E-state index is -0.0727. The summed E-state index contributed by atoms with van der Waals surface area (Å²) in [4.78, 5) is 0. The van der Waals surface area contributed by atoms with Crippen LogP contribution in [0, 0.1) is 0 Å². The van der Waals surface area contributed by atoms with Gasteiger partial charge in [-0.15, -0.1) is 0 Å². The second-order valence-electron chi connectivity index (χ2n) is 3.68. The normalized spacial score (nSPS) is 10.2. The van der Waals surface area contributed by atoms with Crippen molar-refractivity contribution in [3.05, 3.63) is 17.7 Å². The number of aliphatic hydroxyl groups is 1. The summed E-state index contributed by atoms with van der Waals surface area (Å²) in [6, 6.07) is 3.46. The molecule has 0 unspecified atom stereocenters. The Hall–Kier alpha value is -1.46. The first-order valence-electron chi connectivity index (χ1n) is 5.74. The van der Waals surface area contributed by atoms with Gasteiger partial charge >= 0.3 is 0 Å². The Morgan fingerprint density at radius 3 is 2.06 bits per heavy atom. The van der Waals surface area contributed by atoms with E-state index in [2.05, 4.69) is 0 Å². The number of hydrogen-bond donors (Lipinski definition) is 1. The van der Waals surface area contributed by atoms with Gasteiger partial charge in [-0.25, -0.2) is 0 Å². The Morgan fingerprint density at radius 2 is 1.61 bits per heavy atom. The van der Waals surface area contributed by atoms with Crippen LogP contribution in [0.3, 0.4) is 0 Å². The van der Waals surface area contributed by atoms with Crippen LogP contribution in [0.2, 0.25) is 0 Å². The molecule has 1 aromatic rings. The summed E-state index contributed by atoms with van der Waals surface area (Å²) in [5.41, 5.74) is 0.716. The van der Waals surface area contributed by atoms with Crippen molar-refractivity contribution in [2.45, 2.75) is 13.0 Å². The van der Waals surface area contributed by atoms with Crippen LogP contribution in [-0.2, 0) is 11.3 Å². The monoisotopic (exact) mass is 256 g/mol. The highest BCUT2D eigenvalue weighted by molar-refractivity contribution is 5.53. The third-order valence-corrected chi connectivity index (χ3v) is 2.44. The molecule has 5 nitrogen and oxygen atoms in total. The van der Waals surface area contributed by atoms with Gasteiger partial charge in [-0.2, -0.15) is 0 Å². The molecule has 1 N–H and O–H groups in total. The molecule has 1 aromatic carbocycles. The average Bonchev–Trinajstić information content (AvgIpc) is 2.42. The summed E-state index contributed by atoms with van der Waals surface area (Å²) in [5.74, 6) is 1.65. The molecule has 1 rings (SSSR count). The van der Waals surface area contributed by atoms with Gasteiger partial charge in [-0.3, -0.25) is 0 Å². The molecule has 0 fully saturated rings. The lowest BCUT2D eigenvalue weighted by Crippen LogP contribution is -2.04. The molecular formula is C13H20O5.